The number of hydrogen-bond acceptors (Lipinski definition) is 3. The van der Waals surface area contributed by atoms with E-state index >= 15 is 0 Å². The summed E-state index contributed by atoms with van der Waals surface area (Å²) in [5, 5.41) is 2.17. The van der Waals surface area contributed by atoms with Crippen LogP contribution in [0.4, 0.5) is 5.69 Å². The summed E-state index contributed by atoms with van der Waals surface area (Å²) in [5.74, 6) is 0.909. The van der Waals surface area contributed by atoms with Crippen molar-refractivity contribution in [2.24, 2.45) is 5.41 Å². The number of benzene rings is 3. The predicted octanol–water partition coefficient (Wildman–Crippen LogP) is 8.28. The highest BCUT2D eigenvalue weighted by Crippen LogP contribution is 2.48. The molecule has 1 unspecified atom stereocenters. The molecular weight excluding hydrogens is 499 g/mol. The molecule has 0 amide bonds. The molecule has 2 fully saturated rings. The Labute approximate surface area is 223 Å². The lowest BCUT2D eigenvalue weighted by Gasteiger charge is -2.51. The Morgan fingerprint density at radius 2 is 1.54 bits per heavy atom. The summed E-state index contributed by atoms with van der Waals surface area (Å²) >= 11 is 19.1. The summed E-state index contributed by atoms with van der Waals surface area (Å²) < 4.78 is 5.30. The van der Waals surface area contributed by atoms with Crippen LogP contribution in [-0.2, 0) is 6.54 Å². The van der Waals surface area contributed by atoms with E-state index in [9.17, 15) is 0 Å². The minimum atomic E-state index is 0.226. The van der Waals surface area contributed by atoms with Gasteiger partial charge in [0, 0.05) is 33.8 Å². The van der Waals surface area contributed by atoms with Gasteiger partial charge in [-0.1, -0.05) is 53.0 Å². The van der Waals surface area contributed by atoms with Crippen LogP contribution in [0.25, 0.3) is 0 Å². The van der Waals surface area contributed by atoms with Crippen molar-refractivity contribution in [1.29, 1.82) is 0 Å². The first-order valence-corrected chi connectivity index (χ1v) is 13.4. The van der Waals surface area contributed by atoms with Crippen molar-refractivity contribution in [2.75, 3.05) is 31.6 Å². The molecular formula is C29H31Cl3N2O. The number of likely N-dealkylation sites (tertiary alicyclic amines) is 1. The van der Waals surface area contributed by atoms with Gasteiger partial charge >= 0.3 is 0 Å². The van der Waals surface area contributed by atoms with Crippen molar-refractivity contribution in [3.8, 4) is 5.75 Å². The van der Waals surface area contributed by atoms with Crippen molar-refractivity contribution in [1.82, 2.24) is 4.90 Å². The molecule has 6 heteroatoms. The first-order chi connectivity index (χ1) is 16.9. The standard InChI is InChI=1S/C29H31Cl3N2O/c1-35-25-9-2-21(3-10-25)19-33-16-14-29(15-17-33)13-12-28(26-11-6-23(31)18-27(26)32)34(20-29)24-7-4-22(30)5-8-24/h2-11,18,28H,12-17,19-20H2,1H3. The van der Waals surface area contributed by atoms with Crippen LogP contribution >= 0.6 is 34.8 Å². The summed E-state index contributed by atoms with van der Waals surface area (Å²) in [5.41, 5.74) is 4.00. The zero-order valence-corrected chi connectivity index (χ0v) is 22.3. The SMILES string of the molecule is COc1ccc(CN2CCC3(CCC(c4ccc(Cl)cc4Cl)N(c4ccc(Cl)cc4)C3)CC2)cc1. The van der Waals surface area contributed by atoms with Gasteiger partial charge in [0.15, 0.2) is 0 Å². The molecule has 2 saturated heterocycles. The lowest BCUT2D eigenvalue weighted by Crippen LogP contribution is -2.50. The molecule has 0 aromatic heterocycles. The average Bonchev–Trinajstić information content (AvgIpc) is 2.87. The monoisotopic (exact) mass is 528 g/mol. The second-order valence-corrected chi connectivity index (χ2v) is 11.2. The number of hydrogen-bond donors (Lipinski definition) is 0. The Bertz CT molecular complexity index is 1140. The number of methoxy groups -OCH3 is 1. The third-order valence-electron chi connectivity index (χ3n) is 7.79. The van der Waals surface area contributed by atoms with Gasteiger partial charge in [0.25, 0.3) is 0 Å². The smallest absolute Gasteiger partial charge is 0.118 e. The zero-order chi connectivity index (χ0) is 24.4. The molecule has 1 atom stereocenters. The highest BCUT2D eigenvalue weighted by atomic mass is 35.5. The van der Waals surface area contributed by atoms with E-state index < -0.39 is 0 Å². The van der Waals surface area contributed by atoms with Crippen LogP contribution < -0.4 is 9.64 Å². The molecule has 3 nitrogen and oxygen atoms in total. The fourth-order valence-electron chi connectivity index (χ4n) is 5.73. The average molecular weight is 530 g/mol. The molecule has 0 N–H and O–H groups in total. The molecule has 0 radical (unpaired) electrons. The lowest BCUT2D eigenvalue weighted by molar-refractivity contribution is 0.0755. The highest BCUT2D eigenvalue weighted by Gasteiger charge is 2.42. The van der Waals surface area contributed by atoms with Crippen LogP contribution in [0.3, 0.4) is 0 Å². The number of anilines is 1. The maximum Gasteiger partial charge on any atom is 0.118 e. The second-order valence-electron chi connectivity index (χ2n) is 9.95. The number of nitrogens with zero attached hydrogens (tertiary/aromatic N) is 2. The Balaban J connectivity index is 1.33. The summed E-state index contributed by atoms with van der Waals surface area (Å²) in [6, 6.07) is 22.8. The third-order valence-corrected chi connectivity index (χ3v) is 8.61. The van der Waals surface area contributed by atoms with Gasteiger partial charge in [-0.3, -0.25) is 4.90 Å². The predicted molar refractivity (Wildman–Crippen MR) is 147 cm³/mol. The number of ether oxygens (including phenoxy) is 1. The van der Waals surface area contributed by atoms with Crippen LogP contribution in [-0.4, -0.2) is 31.6 Å². The number of piperidine rings is 2. The van der Waals surface area contributed by atoms with Gasteiger partial charge in [-0.05, 0) is 104 Å². The van der Waals surface area contributed by atoms with E-state index in [1.807, 2.05) is 36.4 Å². The van der Waals surface area contributed by atoms with Crippen LogP contribution in [0, 0.1) is 5.41 Å². The van der Waals surface area contributed by atoms with E-state index in [2.05, 4.69) is 40.1 Å². The zero-order valence-electron chi connectivity index (χ0n) is 20.0. The van der Waals surface area contributed by atoms with Gasteiger partial charge in [0.1, 0.15) is 5.75 Å². The lowest BCUT2D eigenvalue weighted by atomic mass is 9.70. The van der Waals surface area contributed by atoms with E-state index in [4.69, 9.17) is 39.5 Å². The summed E-state index contributed by atoms with van der Waals surface area (Å²) in [6.45, 7) is 4.25. The van der Waals surface area contributed by atoms with E-state index in [-0.39, 0.29) is 6.04 Å². The normalized spacial score (nSPS) is 20.2. The van der Waals surface area contributed by atoms with E-state index in [0.717, 1.165) is 54.0 Å². The van der Waals surface area contributed by atoms with Crippen molar-refractivity contribution in [3.63, 3.8) is 0 Å². The van der Waals surface area contributed by atoms with Crippen molar-refractivity contribution >= 4 is 40.5 Å². The highest BCUT2D eigenvalue weighted by molar-refractivity contribution is 6.35. The fourth-order valence-corrected chi connectivity index (χ4v) is 6.39. The van der Waals surface area contributed by atoms with E-state index in [1.165, 1.54) is 30.5 Å². The Morgan fingerprint density at radius 1 is 0.857 bits per heavy atom. The Hall–Kier alpha value is -1.91. The molecule has 2 aliphatic heterocycles. The van der Waals surface area contributed by atoms with Crippen molar-refractivity contribution < 1.29 is 4.74 Å². The topological polar surface area (TPSA) is 15.7 Å². The van der Waals surface area contributed by atoms with Crippen LogP contribution in [0.1, 0.15) is 42.9 Å². The van der Waals surface area contributed by atoms with Gasteiger partial charge in [-0.2, -0.15) is 0 Å². The van der Waals surface area contributed by atoms with Gasteiger partial charge in [-0.15, -0.1) is 0 Å². The minimum Gasteiger partial charge on any atom is -0.497 e. The van der Waals surface area contributed by atoms with E-state index in [0.29, 0.717) is 10.4 Å². The number of halogens is 3. The summed E-state index contributed by atoms with van der Waals surface area (Å²) in [6.07, 6.45) is 4.68. The van der Waals surface area contributed by atoms with Crippen molar-refractivity contribution in [3.05, 3.63) is 92.9 Å². The molecule has 0 bridgehead atoms. The van der Waals surface area contributed by atoms with Gasteiger partial charge in [0.05, 0.1) is 13.2 Å². The third kappa shape index (κ3) is 5.59. The maximum atomic E-state index is 6.69. The largest absolute Gasteiger partial charge is 0.497 e. The first kappa shape index (κ1) is 24.8. The maximum absolute atomic E-state index is 6.69. The van der Waals surface area contributed by atoms with E-state index in [1.54, 1.807) is 7.11 Å². The Morgan fingerprint density at radius 3 is 2.20 bits per heavy atom. The molecule has 3 aromatic carbocycles. The molecule has 1 spiro atoms. The Kier molecular flexibility index (Phi) is 7.50. The quantitative estimate of drug-likeness (QED) is 0.331. The summed E-state index contributed by atoms with van der Waals surface area (Å²) in [7, 11) is 1.71. The van der Waals surface area contributed by atoms with Gasteiger partial charge in [-0.25, -0.2) is 0 Å². The van der Waals surface area contributed by atoms with Crippen LogP contribution in [0.2, 0.25) is 15.1 Å². The first-order valence-electron chi connectivity index (χ1n) is 12.3. The van der Waals surface area contributed by atoms with Gasteiger partial charge < -0.3 is 9.64 Å². The molecule has 35 heavy (non-hydrogen) atoms. The minimum absolute atomic E-state index is 0.226. The molecule has 0 saturated carbocycles. The molecule has 5 rings (SSSR count). The second kappa shape index (κ2) is 10.6. The van der Waals surface area contributed by atoms with Crippen molar-refractivity contribution in [2.45, 2.75) is 38.3 Å². The molecule has 3 aromatic rings. The summed E-state index contributed by atoms with van der Waals surface area (Å²) in [4.78, 5) is 5.13. The molecule has 2 aliphatic rings. The fraction of sp³-hybridized carbons (Fsp3) is 0.379. The molecule has 2 heterocycles. The molecule has 184 valence electrons. The van der Waals surface area contributed by atoms with Crippen LogP contribution in [0.15, 0.2) is 66.7 Å². The molecule has 0 aliphatic carbocycles. The van der Waals surface area contributed by atoms with Gasteiger partial charge in [0.2, 0.25) is 0 Å². The van der Waals surface area contributed by atoms with Crippen LogP contribution in [0.5, 0.6) is 5.75 Å². The number of rotatable bonds is 5.